The zero-order valence-electron chi connectivity index (χ0n) is 12.9. The molecule has 4 nitrogen and oxygen atoms in total. The summed E-state index contributed by atoms with van der Waals surface area (Å²) in [4.78, 5) is 16.6. The van der Waals surface area contributed by atoms with Crippen LogP contribution in [0, 0.1) is 0 Å². The minimum atomic E-state index is 0. The Hall–Kier alpha value is -1.10. The van der Waals surface area contributed by atoms with Crippen LogP contribution in [0.5, 0.6) is 0 Å². The molecule has 1 unspecified atom stereocenters. The van der Waals surface area contributed by atoms with Crippen molar-refractivity contribution in [1.82, 2.24) is 10.2 Å². The smallest absolute Gasteiger partial charge is 0.241 e. The molecule has 0 radical (unpaired) electrons. The molecule has 0 aromatic heterocycles. The number of likely N-dealkylation sites (tertiary alicyclic amines) is 1. The fourth-order valence-electron chi connectivity index (χ4n) is 2.82. The molecule has 1 aromatic rings. The van der Waals surface area contributed by atoms with Crippen LogP contribution in [-0.2, 0) is 4.79 Å². The number of para-hydroxylation sites is 1. The van der Waals surface area contributed by atoms with E-state index in [1.165, 1.54) is 6.42 Å². The quantitative estimate of drug-likeness (QED) is 0.905. The molecule has 0 bridgehead atoms. The highest BCUT2D eigenvalue weighted by Gasteiger charge is 2.22. The number of carbonyl (C=O) groups is 1. The predicted octanol–water partition coefficient (Wildman–Crippen LogP) is 2.15. The van der Waals surface area contributed by atoms with Gasteiger partial charge in [-0.2, -0.15) is 0 Å². The van der Waals surface area contributed by atoms with Gasteiger partial charge in [0.1, 0.15) is 0 Å². The average Bonchev–Trinajstić information content (AvgIpc) is 2.49. The third-order valence-corrected chi connectivity index (χ3v) is 3.96. The van der Waals surface area contributed by atoms with Crippen molar-refractivity contribution in [2.45, 2.75) is 25.8 Å². The number of hydrogen-bond acceptors (Lipinski definition) is 3. The molecule has 21 heavy (non-hydrogen) atoms. The van der Waals surface area contributed by atoms with Crippen LogP contribution in [0.25, 0.3) is 0 Å². The normalized spacial score (nSPS) is 18.9. The zero-order valence-corrected chi connectivity index (χ0v) is 13.7. The Kier molecular flexibility index (Phi) is 7.72. The lowest BCUT2D eigenvalue weighted by molar-refractivity contribution is -0.120. The summed E-state index contributed by atoms with van der Waals surface area (Å²) in [6.07, 6.45) is 2.37. The van der Waals surface area contributed by atoms with Crippen LogP contribution < -0.4 is 10.2 Å². The number of rotatable bonds is 5. The highest BCUT2D eigenvalue weighted by molar-refractivity contribution is 5.94. The molecule has 0 aliphatic carbocycles. The molecule has 118 valence electrons. The van der Waals surface area contributed by atoms with Gasteiger partial charge in [-0.15, -0.1) is 12.4 Å². The maximum Gasteiger partial charge on any atom is 0.241 e. The van der Waals surface area contributed by atoms with Gasteiger partial charge in [0.2, 0.25) is 5.91 Å². The van der Waals surface area contributed by atoms with Crippen LogP contribution in [0.3, 0.4) is 0 Å². The molecule has 1 saturated heterocycles. The van der Waals surface area contributed by atoms with Crippen molar-refractivity contribution in [2.75, 3.05) is 38.1 Å². The summed E-state index contributed by atoms with van der Waals surface area (Å²) in [6.45, 7) is 5.25. The van der Waals surface area contributed by atoms with E-state index in [1.54, 1.807) is 0 Å². The molecular weight excluding hydrogens is 286 g/mol. The highest BCUT2D eigenvalue weighted by atomic mass is 35.5. The highest BCUT2D eigenvalue weighted by Crippen LogP contribution is 2.15. The summed E-state index contributed by atoms with van der Waals surface area (Å²) >= 11 is 0. The van der Waals surface area contributed by atoms with Gasteiger partial charge >= 0.3 is 0 Å². The van der Waals surface area contributed by atoms with Gasteiger partial charge < -0.3 is 10.2 Å². The molecule has 1 heterocycles. The van der Waals surface area contributed by atoms with E-state index in [-0.39, 0.29) is 18.3 Å². The van der Waals surface area contributed by atoms with E-state index in [9.17, 15) is 4.79 Å². The summed E-state index contributed by atoms with van der Waals surface area (Å²) in [7, 11) is 2.00. The molecule has 1 aromatic carbocycles. The topological polar surface area (TPSA) is 35.6 Å². The van der Waals surface area contributed by atoms with E-state index in [0.29, 0.717) is 19.1 Å². The Morgan fingerprint density at radius 3 is 2.71 bits per heavy atom. The third-order valence-electron chi connectivity index (χ3n) is 3.96. The lowest BCUT2D eigenvalue weighted by Gasteiger charge is -2.33. The van der Waals surface area contributed by atoms with Crippen LogP contribution in [0.4, 0.5) is 5.69 Å². The molecule has 1 amide bonds. The lowest BCUT2D eigenvalue weighted by Crippen LogP contribution is -2.48. The number of halogens is 1. The second kappa shape index (κ2) is 9.03. The van der Waals surface area contributed by atoms with Crippen molar-refractivity contribution in [1.29, 1.82) is 0 Å². The molecule has 5 heteroatoms. The number of anilines is 1. The number of nitrogens with one attached hydrogen (secondary N) is 1. The minimum Gasteiger partial charge on any atom is -0.316 e. The second-order valence-electron chi connectivity index (χ2n) is 5.34. The number of amides is 1. The molecule has 0 spiro atoms. The zero-order chi connectivity index (χ0) is 14.4. The van der Waals surface area contributed by atoms with E-state index in [2.05, 4.69) is 10.2 Å². The Balaban J connectivity index is 0.00000220. The Labute approximate surface area is 133 Å². The molecular formula is C16H26ClN3O. The summed E-state index contributed by atoms with van der Waals surface area (Å²) in [6, 6.07) is 10.4. The SMILES string of the molecule is CCN(C(=O)CN1CCCC(NC)C1)c1ccccc1.Cl. The fourth-order valence-corrected chi connectivity index (χ4v) is 2.82. The Morgan fingerprint density at radius 1 is 1.38 bits per heavy atom. The predicted molar refractivity (Wildman–Crippen MR) is 90.2 cm³/mol. The standard InChI is InChI=1S/C16H25N3O.ClH/c1-3-19(15-9-5-4-6-10-15)16(20)13-18-11-7-8-14(12-18)17-2;/h4-6,9-10,14,17H,3,7-8,11-13H2,1-2H3;1H. The molecule has 0 saturated carbocycles. The molecule has 1 atom stereocenters. The second-order valence-corrected chi connectivity index (χ2v) is 5.34. The van der Waals surface area contributed by atoms with E-state index in [4.69, 9.17) is 0 Å². The first-order valence-electron chi connectivity index (χ1n) is 7.49. The van der Waals surface area contributed by atoms with Gasteiger partial charge in [-0.25, -0.2) is 0 Å². The third kappa shape index (κ3) is 4.99. The van der Waals surface area contributed by atoms with Crippen molar-refractivity contribution in [3.63, 3.8) is 0 Å². The summed E-state index contributed by atoms with van der Waals surface area (Å²) < 4.78 is 0. The van der Waals surface area contributed by atoms with Crippen LogP contribution in [0.15, 0.2) is 30.3 Å². The number of piperidine rings is 1. The number of likely N-dealkylation sites (N-methyl/N-ethyl adjacent to an activating group) is 2. The first-order valence-corrected chi connectivity index (χ1v) is 7.49. The maximum atomic E-state index is 12.5. The average molecular weight is 312 g/mol. The van der Waals surface area contributed by atoms with Gasteiger partial charge in [0.15, 0.2) is 0 Å². The van der Waals surface area contributed by atoms with Crippen molar-refractivity contribution >= 4 is 24.0 Å². The summed E-state index contributed by atoms with van der Waals surface area (Å²) in [5.41, 5.74) is 0.988. The molecule has 1 aliphatic heterocycles. The first-order chi connectivity index (χ1) is 9.74. The number of benzene rings is 1. The number of nitrogens with zero attached hydrogens (tertiary/aromatic N) is 2. The number of hydrogen-bond donors (Lipinski definition) is 1. The van der Waals surface area contributed by atoms with Gasteiger partial charge in [0.05, 0.1) is 6.54 Å². The molecule has 2 rings (SSSR count). The summed E-state index contributed by atoms with van der Waals surface area (Å²) in [5, 5.41) is 3.32. The largest absolute Gasteiger partial charge is 0.316 e. The first kappa shape index (κ1) is 18.0. The van der Waals surface area contributed by atoms with E-state index in [0.717, 1.165) is 25.2 Å². The minimum absolute atomic E-state index is 0. The van der Waals surface area contributed by atoms with Gasteiger partial charge in [-0.3, -0.25) is 9.69 Å². The van der Waals surface area contributed by atoms with E-state index in [1.807, 2.05) is 49.2 Å². The van der Waals surface area contributed by atoms with Gasteiger partial charge in [0, 0.05) is 24.8 Å². The van der Waals surface area contributed by atoms with Crippen molar-refractivity contribution in [3.8, 4) is 0 Å². The monoisotopic (exact) mass is 311 g/mol. The van der Waals surface area contributed by atoms with Crippen LogP contribution in [0.1, 0.15) is 19.8 Å². The number of carbonyl (C=O) groups excluding carboxylic acids is 1. The molecule has 1 N–H and O–H groups in total. The molecule has 1 fully saturated rings. The van der Waals surface area contributed by atoms with Gasteiger partial charge in [0.25, 0.3) is 0 Å². The van der Waals surface area contributed by atoms with Gasteiger partial charge in [-0.05, 0) is 45.5 Å². The van der Waals surface area contributed by atoms with E-state index >= 15 is 0 Å². The van der Waals surface area contributed by atoms with Crippen molar-refractivity contribution < 1.29 is 4.79 Å². The van der Waals surface area contributed by atoms with Gasteiger partial charge in [-0.1, -0.05) is 18.2 Å². The Bertz CT molecular complexity index is 427. The maximum absolute atomic E-state index is 12.5. The molecule has 1 aliphatic rings. The van der Waals surface area contributed by atoms with Crippen LogP contribution >= 0.6 is 12.4 Å². The van der Waals surface area contributed by atoms with E-state index < -0.39 is 0 Å². The summed E-state index contributed by atoms with van der Waals surface area (Å²) in [5.74, 6) is 0.190. The van der Waals surface area contributed by atoms with Crippen LogP contribution in [-0.4, -0.2) is 50.1 Å². The fraction of sp³-hybridized carbons (Fsp3) is 0.562. The van der Waals surface area contributed by atoms with Crippen molar-refractivity contribution in [2.24, 2.45) is 0 Å². The van der Waals surface area contributed by atoms with Crippen LogP contribution in [0.2, 0.25) is 0 Å². The Morgan fingerprint density at radius 2 is 2.10 bits per heavy atom. The van der Waals surface area contributed by atoms with Crippen molar-refractivity contribution in [3.05, 3.63) is 30.3 Å². The lowest BCUT2D eigenvalue weighted by atomic mass is 10.1.